The monoisotopic (exact) mass is 483 g/mol. The van der Waals surface area contributed by atoms with E-state index in [1.165, 1.54) is 11.8 Å². The molecule has 0 unspecified atom stereocenters. The lowest BCUT2D eigenvalue weighted by atomic mass is 9.92. The minimum atomic E-state index is 0.103. The number of Topliss-reactive ketones (excluding diaryl/α,β-unsaturated/α-hetero) is 1. The van der Waals surface area contributed by atoms with Crippen molar-refractivity contribution in [3.8, 4) is 22.9 Å². The Bertz CT molecular complexity index is 1150. The third kappa shape index (κ3) is 5.45. The standard InChI is InChI=1S/C26H33N3O4S/c1-16-13-17(2)19(4)24(18(16)3)21(30)15-34-26-28-27-25(29(26)11-8-12-31-5)20-9-10-22(32-6)23(14-20)33-7/h9-10,13-14H,8,11-12,15H2,1-7H3. The number of hydrogen-bond donors (Lipinski definition) is 0. The smallest absolute Gasteiger partial charge is 0.191 e. The molecule has 0 bridgehead atoms. The van der Waals surface area contributed by atoms with Gasteiger partial charge in [0.15, 0.2) is 28.3 Å². The van der Waals surface area contributed by atoms with Gasteiger partial charge in [-0.15, -0.1) is 10.2 Å². The van der Waals surface area contributed by atoms with Gasteiger partial charge >= 0.3 is 0 Å². The maximum atomic E-state index is 13.2. The summed E-state index contributed by atoms with van der Waals surface area (Å²) in [5, 5.41) is 9.58. The number of thioether (sulfide) groups is 1. The van der Waals surface area contributed by atoms with E-state index in [2.05, 4.69) is 16.3 Å². The van der Waals surface area contributed by atoms with Crippen molar-refractivity contribution in [3.05, 3.63) is 52.1 Å². The molecule has 7 nitrogen and oxygen atoms in total. The number of aryl methyl sites for hydroxylation is 2. The van der Waals surface area contributed by atoms with E-state index < -0.39 is 0 Å². The molecule has 0 fully saturated rings. The second-order valence-electron chi connectivity index (χ2n) is 8.22. The Hall–Kier alpha value is -2.84. The van der Waals surface area contributed by atoms with Crippen LogP contribution in [-0.2, 0) is 11.3 Å². The van der Waals surface area contributed by atoms with Gasteiger partial charge in [-0.25, -0.2) is 0 Å². The lowest BCUT2D eigenvalue weighted by Crippen LogP contribution is -2.11. The highest BCUT2D eigenvalue weighted by atomic mass is 32.2. The molecule has 1 heterocycles. The number of nitrogens with zero attached hydrogens (tertiary/aromatic N) is 3. The Morgan fingerprint density at radius 2 is 1.62 bits per heavy atom. The first-order chi connectivity index (χ1) is 16.3. The fourth-order valence-electron chi connectivity index (χ4n) is 3.99. The zero-order valence-electron chi connectivity index (χ0n) is 21.0. The van der Waals surface area contributed by atoms with Gasteiger partial charge in [0, 0.05) is 31.4 Å². The summed E-state index contributed by atoms with van der Waals surface area (Å²) >= 11 is 1.41. The molecule has 0 amide bonds. The Morgan fingerprint density at radius 3 is 2.24 bits per heavy atom. The molecular weight excluding hydrogens is 450 g/mol. The zero-order chi connectivity index (χ0) is 24.8. The molecule has 8 heteroatoms. The quantitative estimate of drug-likeness (QED) is 0.211. The van der Waals surface area contributed by atoms with E-state index in [1.54, 1.807) is 21.3 Å². The number of rotatable bonds is 11. The average molecular weight is 484 g/mol. The molecule has 0 aliphatic rings. The SMILES string of the molecule is COCCCn1c(SCC(=O)c2c(C)c(C)cc(C)c2C)nnc1-c1ccc(OC)c(OC)c1. The van der Waals surface area contributed by atoms with Crippen molar-refractivity contribution in [2.45, 2.75) is 45.8 Å². The largest absolute Gasteiger partial charge is 0.493 e. The van der Waals surface area contributed by atoms with Crippen LogP contribution in [0.3, 0.4) is 0 Å². The van der Waals surface area contributed by atoms with Gasteiger partial charge in [0.2, 0.25) is 0 Å². The Morgan fingerprint density at radius 1 is 0.941 bits per heavy atom. The molecule has 0 saturated heterocycles. The van der Waals surface area contributed by atoms with Crippen LogP contribution in [0.5, 0.6) is 11.5 Å². The Kier molecular flexibility index (Phi) is 8.74. The molecule has 2 aromatic carbocycles. The lowest BCUT2D eigenvalue weighted by molar-refractivity contribution is 0.102. The van der Waals surface area contributed by atoms with Crippen molar-refractivity contribution in [2.75, 3.05) is 33.7 Å². The normalized spacial score (nSPS) is 11.0. The minimum absolute atomic E-state index is 0.103. The molecule has 0 N–H and O–H groups in total. The van der Waals surface area contributed by atoms with Gasteiger partial charge in [0.25, 0.3) is 0 Å². The van der Waals surface area contributed by atoms with Crippen LogP contribution >= 0.6 is 11.8 Å². The first-order valence-corrected chi connectivity index (χ1v) is 12.2. The molecule has 3 aromatic rings. The van der Waals surface area contributed by atoms with Gasteiger partial charge in [0.05, 0.1) is 20.0 Å². The second-order valence-corrected chi connectivity index (χ2v) is 9.16. The van der Waals surface area contributed by atoms with E-state index in [9.17, 15) is 4.79 Å². The van der Waals surface area contributed by atoms with Crippen LogP contribution in [-0.4, -0.2) is 54.2 Å². The fourth-order valence-corrected chi connectivity index (χ4v) is 4.83. The molecule has 0 aliphatic heterocycles. The van der Waals surface area contributed by atoms with Gasteiger partial charge in [0.1, 0.15) is 0 Å². The highest BCUT2D eigenvalue weighted by molar-refractivity contribution is 7.99. The molecular formula is C26H33N3O4S. The molecule has 3 rings (SSSR count). The van der Waals surface area contributed by atoms with Crippen molar-refractivity contribution in [1.82, 2.24) is 14.8 Å². The predicted molar refractivity (Wildman–Crippen MR) is 135 cm³/mol. The molecule has 0 spiro atoms. The lowest BCUT2D eigenvalue weighted by Gasteiger charge is -2.15. The summed E-state index contributed by atoms with van der Waals surface area (Å²) in [6, 6.07) is 7.80. The van der Waals surface area contributed by atoms with Crippen molar-refractivity contribution in [2.24, 2.45) is 0 Å². The Labute approximate surface area is 205 Å². The third-order valence-electron chi connectivity index (χ3n) is 6.07. The topological polar surface area (TPSA) is 75.5 Å². The number of aromatic nitrogens is 3. The van der Waals surface area contributed by atoms with Crippen LogP contribution in [0.15, 0.2) is 29.4 Å². The molecule has 0 radical (unpaired) electrons. The molecule has 0 atom stereocenters. The molecule has 34 heavy (non-hydrogen) atoms. The highest BCUT2D eigenvalue weighted by Gasteiger charge is 2.20. The fraction of sp³-hybridized carbons (Fsp3) is 0.423. The van der Waals surface area contributed by atoms with E-state index in [1.807, 2.05) is 50.5 Å². The van der Waals surface area contributed by atoms with Crippen LogP contribution in [0.1, 0.15) is 39.0 Å². The second kappa shape index (κ2) is 11.5. The van der Waals surface area contributed by atoms with Crippen molar-refractivity contribution >= 4 is 17.5 Å². The maximum absolute atomic E-state index is 13.2. The van der Waals surface area contributed by atoms with Crippen molar-refractivity contribution in [3.63, 3.8) is 0 Å². The minimum Gasteiger partial charge on any atom is -0.493 e. The molecule has 0 aliphatic carbocycles. The summed E-state index contributed by atoms with van der Waals surface area (Å²) in [5.74, 6) is 2.38. The number of ketones is 1. The summed E-state index contributed by atoms with van der Waals surface area (Å²) in [7, 11) is 4.90. The van der Waals surface area contributed by atoms with Gasteiger partial charge < -0.3 is 18.8 Å². The number of carbonyl (C=O) groups excluding carboxylic acids is 1. The molecule has 182 valence electrons. The maximum Gasteiger partial charge on any atom is 0.191 e. The van der Waals surface area contributed by atoms with E-state index in [0.717, 1.165) is 39.8 Å². The van der Waals surface area contributed by atoms with E-state index in [0.29, 0.717) is 41.4 Å². The summed E-state index contributed by atoms with van der Waals surface area (Å²) in [6.45, 7) is 9.42. The summed E-state index contributed by atoms with van der Waals surface area (Å²) < 4.78 is 18.1. The van der Waals surface area contributed by atoms with Crippen LogP contribution in [0.4, 0.5) is 0 Å². The van der Waals surface area contributed by atoms with Gasteiger partial charge in [-0.3, -0.25) is 4.79 Å². The van der Waals surface area contributed by atoms with Crippen molar-refractivity contribution in [1.29, 1.82) is 0 Å². The number of hydrogen-bond acceptors (Lipinski definition) is 7. The van der Waals surface area contributed by atoms with Crippen LogP contribution in [0, 0.1) is 27.7 Å². The number of methoxy groups -OCH3 is 3. The van der Waals surface area contributed by atoms with Crippen molar-refractivity contribution < 1.29 is 19.0 Å². The number of ether oxygens (including phenoxy) is 3. The van der Waals surface area contributed by atoms with Crippen LogP contribution < -0.4 is 9.47 Å². The van der Waals surface area contributed by atoms with Crippen LogP contribution in [0.25, 0.3) is 11.4 Å². The van der Waals surface area contributed by atoms with Gasteiger partial charge in [-0.1, -0.05) is 17.8 Å². The first kappa shape index (κ1) is 25.8. The number of benzene rings is 2. The zero-order valence-corrected chi connectivity index (χ0v) is 21.8. The van der Waals surface area contributed by atoms with E-state index >= 15 is 0 Å². The molecule has 0 saturated carbocycles. The summed E-state index contributed by atoms with van der Waals surface area (Å²) in [6.07, 6.45) is 0.797. The third-order valence-corrected chi connectivity index (χ3v) is 7.03. The predicted octanol–water partition coefficient (Wildman–Crippen LogP) is 5.21. The summed E-state index contributed by atoms with van der Waals surface area (Å²) in [5.41, 5.74) is 6.03. The number of carbonyl (C=O) groups is 1. The van der Waals surface area contributed by atoms with Crippen LogP contribution in [0.2, 0.25) is 0 Å². The van der Waals surface area contributed by atoms with Gasteiger partial charge in [-0.2, -0.15) is 0 Å². The Balaban J connectivity index is 1.91. The van der Waals surface area contributed by atoms with E-state index in [4.69, 9.17) is 14.2 Å². The van der Waals surface area contributed by atoms with E-state index in [-0.39, 0.29) is 5.78 Å². The first-order valence-electron chi connectivity index (χ1n) is 11.2. The van der Waals surface area contributed by atoms with Gasteiger partial charge in [-0.05, 0) is 74.6 Å². The highest BCUT2D eigenvalue weighted by Crippen LogP contribution is 2.33. The summed E-state index contributed by atoms with van der Waals surface area (Å²) in [4.78, 5) is 13.2. The molecule has 1 aromatic heterocycles. The average Bonchev–Trinajstić information content (AvgIpc) is 3.24.